The van der Waals surface area contributed by atoms with Crippen LogP contribution >= 0.6 is 0 Å². The van der Waals surface area contributed by atoms with Gasteiger partial charge in [0.2, 0.25) is 0 Å². The minimum atomic E-state index is -0.0712. The molecule has 0 saturated heterocycles. The predicted octanol–water partition coefficient (Wildman–Crippen LogP) is 2.54. The lowest BCUT2D eigenvalue weighted by Crippen LogP contribution is -2.16. The highest BCUT2D eigenvalue weighted by Crippen LogP contribution is 2.10. The molecule has 70 valence electrons. The van der Waals surface area contributed by atoms with Crippen LogP contribution in [0, 0.1) is 5.92 Å². The van der Waals surface area contributed by atoms with E-state index in [4.69, 9.17) is 4.74 Å². The fourth-order valence-electron chi connectivity index (χ4n) is 0.990. The summed E-state index contributed by atoms with van der Waals surface area (Å²) < 4.78 is 4.92. The maximum absolute atomic E-state index is 11.2. The van der Waals surface area contributed by atoms with Crippen LogP contribution in [0.15, 0.2) is 12.2 Å². The second-order valence-corrected chi connectivity index (χ2v) is 2.66. The van der Waals surface area contributed by atoms with E-state index in [9.17, 15) is 4.79 Å². The Morgan fingerprint density at radius 1 is 1.50 bits per heavy atom. The molecule has 0 amide bonds. The smallest absolute Gasteiger partial charge is 0.309 e. The van der Waals surface area contributed by atoms with E-state index in [1.165, 1.54) is 0 Å². The number of carbonyl (C=O) groups excluding carboxylic acids is 1. The van der Waals surface area contributed by atoms with Gasteiger partial charge < -0.3 is 4.74 Å². The van der Waals surface area contributed by atoms with Gasteiger partial charge in [-0.2, -0.15) is 0 Å². The highest BCUT2D eigenvalue weighted by molar-refractivity contribution is 5.72. The zero-order chi connectivity index (χ0) is 9.40. The van der Waals surface area contributed by atoms with Crippen molar-refractivity contribution in [1.29, 1.82) is 0 Å². The number of hydrogen-bond donors (Lipinski definition) is 0. The fourth-order valence-corrected chi connectivity index (χ4v) is 0.990. The normalized spacial score (nSPS) is 13.2. The van der Waals surface area contributed by atoms with Crippen LogP contribution in [0.2, 0.25) is 0 Å². The van der Waals surface area contributed by atoms with Gasteiger partial charge in [0.1, 0.15) is 0 Å². The Morgan fingerprint density at radius 3 is 2.58 bits per heavy atom. The lowest BCUT2D eigenvalue weighted by molar-refractivity contribution is -0.148. The zero-order valence-corrected chi connectivity index (χ0v) is 8.17. The third-order valence-corrected chi connectivity index (χ3v) is 1.77. The van der Waals surface area contributed by atoms with Crippen molar-refractivity contribution in [2.45, 2.75) is 33.6 Å². The molecule has 0 aromatic rings. The van der Waals surface area contributed by atoms with Crippen LogP contribution in [0.4, 0.5) is 0 Å². The third-order valence-electron chi connectivity index (χ3n) is 1.77. The summed E-state index contributed by atoms with van der Waals surface area (Å²) in [5.74, 6) is -0.0285. The molecule has 0 aromatic heterocycles. The number of esters is 1. The topological polar surface area (TPSA) is 26.3 Å². The van der Waals surface area contributed by atoms with Gasteiger partial charge in [-0.1, -0.05) is 19.1 Å². The highest BCUT2D eigenvalue weighted by atomic mass is 16.5. The van der Waals surface area contributed by atoms with Crippen LogP contribution in [-0.2, 0) is 9.53 Å². The van der Waals surface area contributed by atoms with Crippen LogP contribution in [-0.4, -0.2) is 12.6 Å². The van der Waals surface area contributed by atoms with Crippen molar-refractivity contribution in [3.05, 3.63) is 12.2 Å². The molecule has 1 unspecified atom stereocenters. The van der Waals surface area contributed by atoms with Crippen molar-refractivity contribution in [1.82, 2.24) is 0 Å². The van der Waals surface area contributed by atoms with E-state index >= 15 is 0 Å². The Morgan fingerprint density at radius 2 is 2.17 bits per heavy atom. The van der Waals surface area contributed by atoms with Crippen LogP contribution in [0.1, 0.15) is 33.6 Å². The van der Waals surface area contributed by atoms with E-state index in [0.717, 1.165) is 12.8 Å². The number of carbonyl (C=O) groups is 1. The third kappa shape index (κ3) is 4.16. The van der Waals surface area contributed by atoms with Crippen LogP contribution in [0.3, 0.4) is 0 Å². The molecular formula is C10H18O2. The second kappa shape index (κ2) is 6.89. The molecule has 2 heteroatoms. The average molecular weight is 170 g/mol. The lowest BCUT2D eigenvalue weighted by atomic mass is 10.0. The van der Waals surface area contributed by atoms with E-state index in [1.54, 1.807) is 0 Å². The summed E-state index contributed by atoms with van der Waals surface area (Å²) >= 11 is 0. The molecule has 0 fully saturated rings. The van der Waals surface area contributed by atoms with Crippen LogP contribution in [0.5, 0.6) is 0 Å². The van der Waals surface area contributed by atoms with Gasteiger partial charge in [-0.25, -0.2) is 0 Å². The molecule has 0 aliphatic carbocycles. The van der Waals surface area contributed by atoms with Crippen molar-refractivity contribution in [3.8, 4) is 0 Å². The molecular weight excluding hydrogens is 152 g/mol. The van der Waals surface area contributed by atoms with Gasteiger partial charge in [-0.3, -0.25) is 4.79 Å². The summed E-state index contributed by atoms with van der Waals surface area (Å²) in [7, 11) is 0. The summed E-state index contributed by atoms with van der Waals surface area (Å²) in [4.78, 5) is 11.2. The van der Waals surface area contributed by atoms with E-state index in [0.29, 0.717) is 6.61 Å². The van der Waals surface area contributed by atoms with E-state index < -0.39 is 0 Å². The van der Waals surface area contributed by atoms with Gasteiger partial charge in [-0.15, -0.1) is 0 Å². The van der Waals surface area contributed by atoms with Gasteiger partial charge in [0.25, 0.3) is 0 Å². The molecule has 0 rings (SSSR count). The molecule has 12 heavy (non-hydrogen) atoms. The molecule has 0 spiro atoms. The maximum Gasteiger partial charge on any atom is 0.309 e. The largest absolute Gasteiger partial charge is 0.466 e. The monoisotopic (exact) mass is 170 g/mol. The van der Waals surface area contributed by atoms with E-state index in [1.807, 2.05) is 32.9 Å². The molecule has 1 atom stereocenters. The van der Waals surface area contributed by atoms with Gasteiger partial charge in [0, 0.05) is 0 Å². The quantitative estimate of drug-likeness (QED) is 0.468. The minimum absolute atomic E-state index is 0.0427. The average Bonchev–Trinajstić information content (AvgIpc) is 2.06. The minimum Gasteiger partial charge on any atom is -0.466 e. The number of hydrogen-bond acceptors (Lipinski definition) is 2. The van der Waals surface area contributed by atoms with Gasteiger partial charge >= 0.3 is 5.97 Å². The van der Waals surface area contributed by atoms with Gasteiger partial charge in [-0.05, 0) is 26.7 Å². The van der Waals surface area contributed by atoms with Crippen molar-refractivity contribution >= 4 is 5.97 Å². The number of allylic oxidation sites excluding steroid dienone is 2. The summed E-state index contributed by atoms with van der Waals surface area (Å²) in [5.41, 5.74) is 0. The molecule has 0 N–H and O–H groups in total. The molecule has 0 aliphatic rings. The molecule has 0 bridgehead atoms. The molecule has 2 nitrogen and oxygen atoms in total. The SMILES string of the molecule is C/C=C/CC(CC)C(=O)OCC. The van der Waals surface area contributed by atoms with Gasteiger partial charge in [0.05, 0.1) is 12.5 Å². The Bertz CT molecular complexity index is 150. The standard InChI is InChI=1S/C10H18O2/c1-4-7-8-9(5-2)10(11)12-6-3/h4,7,9H,5-6,8H2,1-3H3/b7-4+. The Kier molecular flexibility index (Phi) is 6.44. The Balaban J connectivity index is 3.87. The van der Waals surface area contributed by atoms with Crippen LogP contribution < -0.4 is 0 Å². The molecule has 0 aliphatic heterocycles. The van der Waals surface area contributed by atoms with Crippen molar-refractivity contribution < 1.29 is 9.53 Å². The van der Waals surface area contributed by atoms with Crippen molar-refractivity contribution in [2.75, 3.05) is 6.61 Å². The predicted molar refractivity (Wildman–Crippen MR) is 49.8 cm³/mol. The van der Waals surface area contributed by atoms with Crippen molar-refractivity contribution in [3.63, 3.8) is 0 Å². The summed E-state index contributed by atoms with van der Waals surface area (Å²) in [6, 6.07) is 0. The number of ether oxygens (including phenoxy) is 1. The first-order valence-electron chi connectivity index (χ1n) is 4.54. The molecule has 0 heterocycles. The Labute approximate surface area is 74.6 Å². The highest BCUT2D eigenvalue weighted by Gasteiger charge is 2.15. The van der Waals surface area contributed by atoms with E-state index in [2.05, 4.69) is 0 Å². The molecule has 0 radical (unpaired) electrons. The van der Waals surface area contributed by atoms with Crippen LogP contribution in [0.25, 0.3) is 0 Å². The first-order chi connectivity index (χ1) is 5.76. The summed E-state index contributed by atoms with van der Waals surface area (Å²) in [6.45, 7) is 6.27. The fraction of sp³-hybridized carbons (Fsp3) is 0.700. The maximum atomic E-state index is 11.2. The second-order valence-electron chi connectivity index (χ2n) is 2.66. The van der Waals surface area contributed by atoms with E-state index in [-0.39, 0.29) is 11.9 Å². The first-order valence-corrected chi connectivity index (χ1v) is 4.54. The zero-order valence-electron chi connectivity index (χ0n) is 8.17. The summed E-state index contributed by atoms with van der Waals surface area (Å²) in [5, 5.41) is 0. The Hall–Kier alpha value is -0.790. The lowest BCUT2D eigenvalue weighted by Gasteiger charge is -2.10. The number of rotatable bonds is 5. The van der Waals surface area contributed by atoms with Gasteiger partial charge in [0.15, 0.2) is 0 Å². The summed E-state index contributed by atoms with van der Waals surface area (Å²) in [6.07, 6.45) is 5.61. The molecule has 0 saturated carbocycles. The first kappa shape index (κ1) is 11.2. The van der Waals surface area contributed by atoms with Crippen molar-refractivity contribution in [2.24, 2.45) is 5.92 Å². The molecule has 0 aromatic carbocycles.